The summed E-state index contributed by atoms with van der Waals surface area (Å²) in [6.07, 6.45) is 1.13. The van der Waals surface area contributed by atoms with Gasteiger partial charge in [-0.2, -0.15) is 0 Å². The van der Waals surface area contributed by atoms with Crippen LogP contribution in [0.5, 0.6) is 0 Å². The highest BCUT2D eigenvalue weighted by Gasteiger charge is 2.19. The minimum Gasteiger partial charge on any atom is -0.399 e. The van der Waals surface area contributed by atoms with E-state index in [0.29, 0.717) is 5.69 Å². The number of hydrogen-bond acceptors (Lipinski definition) is 5. The molecule has 3 N–H and O–H groups in total. The maximum Gasteiger partial charge on any atom is 0.262 e. The van der Waals surface area contributed by atoms with Gasteiger partial charge in [-0.15, -0.1) is 0 Å². The zero-order valence-corrected chi connectivity index (χ0v) is 11.7. The standard InChI is InChI=1S/C10H8Cl2N4O2S/c11-9-8(10(12)15-5-14-9)16-19(17,18)7-3-1-2-6(13)4-7/h1-5,16H,13H2. The van der Waals surface area contributed by atoms with Gasteiger partial charge in [0.1, 0.15) is 12.0 Å². The number of sulfonamides is 1. The van der Waals surface area contributed by atoms with Crippen molar-refractivity contribution in [3.63, 3.8) is 0 Å². The summed E-state index contributed by atoms with van der Waals surface area (Å²) in [7, 11) is -3.86. The Balaban J connectivity index is 2.42. The van der Waals surface area contributed by atoms with E-state index in [2.05, 4.69) is 14.7 Å². The Hall–Kier alpha value is -1.57. The van der Waals surface area contributed by atoms with Gasteiger partial charge in [0.2, 0.25) is 0 Å². The summed E-state index contributed by atoms with van der Waals surface area (Å²) in [6.45, 7) is 0. The first-order valence-electron chi connectivity index (χ1n) is 4.94. The number of anilines is 2. The normalized spacial score (nSPS) is 11.3. The molecular formula is C10H8Cl2N4O2S. The predicted octanol–water partition coefficient (Wildman–Crippen LogP) is 2.17. The van der Waals surface area contributed by atoms with Crippen molar-refractivity contribution in [1.82, 2.24) is 9.97 Å². The van der Waals surface area contributed by atoms with E-state index in [1.807, 2.05) is 0 Å². The number of aromatic nitrogens is 2. The van der Waals surface area contributed by atoms with E-state index < -0.39 is 10.0 Å². The maximum absolute atomic E-state index is 12.1. The minimum absolute atomic E-state index is 0.0107. The largest absolute Gasteiger partial charge is 0.399 e. The van der Waals surface area contributed by atoms with Gasteiger partial charge >= 0.3 is 0 Å². The fraction of sp³-hybridized carbons (Fsp3) is 0. The fourth-order valence-corrected chi connectivity index (χ4v) is 2.95. The van der Waals surface area contributed by atoms with Gasteiger partial charge in [0.05, 0.1) is 4.90 Å². The molecule has 0 radical (unpaired) electrons. The molecule has 2 rings (SSSR count). The number of rotatable bonds is 3. The van der Waals surface area contributed by atoms with Gasteiger partial charge in [0.25, 0.3) is 10.0 Å². The van der Waals surface area contributed by atoms with E-state index in [4.69, 9.17) is 28.9 Å². The van der Waals surface area contributed by atoms with E-state index in [-0.39, 0.29) is 20.9 Å². The molecule has 0 bridgehead atoms. The molecule has 0 unspecified atom stereocenters. The summed E-state index contributed by atoms with van der Waals surface area (Å²) in [5, 5.41) is -0.181. The molecule has 1 aromatic carbocycles. The summed E-state index contributed by atoms with van der Waals surface area (Å²) in [5.41, 5.74) is 5.79. The van der Waals surface area contributed by atoms with Crippen LogP contribution < -0.4 is 10.5 Å². The zero-order valence-electron chi connectivity index (χ0n) is 9.34. The summed E-state index contributed by atoms with van der Waals surface area (Å²) < 4.78 is 26.5. The van der Waals surface area contributed by atoms with Crippen LogP contribution in [0.3, 0.4) is 0 Å². The Kier molecular flexibility index (Phi) is 3.79. The van der Waals surface area contributed by atoms with E-state index in [9.17, 15) is 8.42 Å². The van der Waals surface area contributed by atoms with Crippen molar-refractivity contribution < 1.29 is 8.42 Å². The molecule has 0 aliphatic carbocycles. The second-order valence-corrected chi connectivity index (χ2v) is 5.91. The van der Waals surface area contributed by atoms with Crippen LogP contribution >= 0.6 is 23.2 Å². The molecular weight excluding hydrogens is 311 g/mol. The smallest absolute Gasteiger partial charge is 0.262 e. The van der Waals surface area contributed by atoms with Gasteiger partial charge in [-0.1, -0.05) is 29.3 Å². The third-order valence-corrected chi connectivity index (χ3v) is 4.08. The van der Waals surface area contributed by atoms with Crippen molar-refractivity contribution in [2.24, 2.45) is 0 Å². The molecule has 9 heteroatoms. The molecule has 1 heterocycles. The van der Waals surface area contributed by atoms with Crippen LogP contribution in [0.1, 0.15) is 0 Å². The van der Waals surface area contributed by atoms with Crippen LogP contribution in [0, 0.1) is 0 Å². The van der Waals surface area contributed by atoms with Crippen molar-refractivity contribution >= 4 is 44.6 Å². The molecule has 0 aliphatic rings. The van der Waals surface area contributed by atoms with Crippen LogP contribution in [0.4, 0.5) is 11.4 Å². The van der Waals surface area contributed by atoms with Crippen molar-refractivity contribution in [2.75, 3.05) is 10.5 Å². The van der Waals surface area contributed by atoms with Crippen LogP contribution in [-0.4, -0.2) is 18.4 Å². The van der Waals surface area contributed by atoms with Gasteiger partial charge in [0, 0.05) is 5.69 Å². The average molecular weight is 319 g/mol. The second kappa shape index (κ2) is 5.20. The topological polar surface area (TPSA) is 98.0 Å². The lowest BCUT2D eigenvalue weighted by Gasteiger charge is -2.10. The summed E-state index contributed by atoms with van der Waals surface area (Å²) in [6, 6.07) is 5.80. The lowest BCUT2D eigenvalue weighted by atomic mass is 10.3. The quantitative estimate of drug-likeness (QED) is 0.667. The van der Waals surface area contributed by atoms with E-state index >= 15 is 0 Å². The molecule has 6 nitrogen and oxygen atoms in total. The number of benzene rings is 1. The maximum atomic E-state index is 12.1. The summed E-state index contributed by atoms with van der Waals surface area (Å²) >= 11 is 11.5. The number of nitrogens with one attached hydrogen (secondary N) is 1. The first-order chi connectivity index (χ1) is 8.90. The Morgan fingerprint density at radius 1 is 1.16 bits per heavy atom. The predicted molar refractivity (Wildman–Crippen MR) is 73.7 cm³/mol. The number of nitrogen functional groups attached to an aromatic ring is 1. The second-order valence-electron chi connectivity index (χ2n) is 3.51. The summed E-state index contributed by atoms with van der Waals surface area (Å²) in [5.74, 6) is 0. The lowest BCUT2D eigenvalue weighted by molar-refractivity contribution is 0.601. The SMILES string of the molecule is Nc1cccc(S(=O)(=O)Nc2c(Cl)ncnc2Cl)c1. The minimum atomic E-state index is -3.86. The highest BCUT2D eigenvalue weighted by atomic mass is 35.5. The molecule has 0 amide bonds. The number of nitrogens with two attached hydrogens (primary N) is 1. The first-order valence-corrected chi connectivity index (χ1v) is 7.18. The van der Waals surface area contributed by atoms with Gasteiger partial charge < -0.3 is 5.73 Å². The van der Waals surface area contributed by atoms with Gasteiger partial charge in [-0.3, -0.25) is 4.72 Å². The molecule has 0 spiro atoms. The molecule has 2 aromatic rings. The molecule has 0 atom stereocenters. The molecule has 19 heavy (non-hydrogen) atoms. The van der Waals surface area contributed by atoms with Gasteiger partial charge in [0.15, 0.2) is 10.3 Å². The number of halogens is 2. The van der Waals surface area contributed by atoms with E-state index in [1.54, 1.807) is 6.07 Å². The van der Waals surface area contributed by atoms with Crippen molar-refractivity contribution in [1.29, 1.82) is 0 Å². The fourth-order valence-electron chi connectivity index (χ4n) is 1.30. The lowest BCUT2D eigenvalue weighted by Crippen LogP contribution is -2.14. The number of hydrogen-bond donors (Lipinski definition) is 2. The van der Waals surface area contributed by atoms with Crippen LogP contribution in [0.25, 0.3) is 0 Å². The third-order valence-electron chi connectivity index (χ3n) is 2.16. The highest BCUT2D eigenvalue weighted by molar-refractivity contribution is 7.92. The Bertz CT molecular complexity index is 701. The van der Waals surface area contributed by atoms with Crippen LogP contribution in [0.15, 0.2) is 35.5 Å². The van der Waals surface area contributed by atoms with Crippen molar-refractivity contribution in [3.05, 3.63) is 40.9 Å². The van der Waals surface area contributed by atoms with Crippen LogP contribution in [-0.2, 0) is 10.0 Å². The van der Waals surface area contributed by atoms with Crippen LogP contribution in [0.2, 0.25) is 10.3 Å². The Morgan fingerprint density at radius 2 is 1.79 bits per heavy atom. The van der Waals surface area contributed by atoms with Gasteiger partial charge in [-0.05, 0) is 18.2 Å². The van der Waals surface area contributed by atoms with Crippen molar-refractivity contribution in [3.8, 4) is 0 Å². The third kappa shape index (κ3) is 3.06. The highest BCUT2D eigenvalue weighted by Crippen LogP contribution is 2.28. The number of nitrogens with zero attached hydrogens (tertiary/aromatic N) is 2. The van der Waals surface area contributed by atoms with E-state index in [0.717, 1.165) is 6.33 Å². The first kappa shape index (κ1) is 13.9. The Morgan fingerprint density at radius 3 is 2.37 bits per heavy atom. The molecule has 0 saturated carbocycles. The van der Waals surface area contributed by atoms with E-state index in [1.165, 1.54) is 18.2 Å². The average Bonchev–Trinajstić information content (AvgIpc) is 2.34. The molecule has 100 valence electrons. The molecule has 0 saturated heterocycles. The monoisotopic (exact) mass is 318 g/mol. The zero-order chi connectivity index (χ0) is 14.0. The van der Waals surface area contributed by atoms with Gasteiger partial charge in [-0.25, -0.2) is 18.4 Å². The Labute approximate surface area is 119 Å². The molecule has 1 aromatic heterocycles. The molecule has 0 fully saturated rings. The van der Waals surface area contributed by atoms with Crippen molar-refractivity contribution in [2.45, 2.75) is 4.90 Å². The molecule has 0 aliphatic heterocycles. The summed E-state index contributed by atoms with van der Waals surface area (Å²) in [4.78, 5) is 7.30.